The van der Waals surface area contributed by atoms with E-state index in [2.05, 4.69) is 115 Å². The molecule has 0 saturated carbocycles. The molecule has 0 atom stereocenters. The molecule has 4 heterocycles. The molecule has 1 aliphatic heterocycles. The smallest absolute Gasteiger partial charge is 0.334 e. The van der Waals surface area contributed by atoms with E-state index in [1.807, 2.05) is 33.7 Å². The van der Waals surface area contributed by atoms with Crippen LogP contribution in [0.3, 0.4) is 0 Å². The van der Waals surface area contributed by atoms with Crippen molar-refractivity contribution >= 4 is 0 Å². The number of H-pyrrole nitrogens is 1. The number of aromatic amines is 1. The average molecular weight is 541 g/mol. The summed E-state index contributed by atoms with van der Waals surface area (Å²) < 4.78 is 6.06. The van der Waals surface area contributed by atoms with Gasteiger partial charge in [0.25, 0.3) is 0 Å². The predicted octanol–water partition coefficient (Wildman–Crippen LogP) is 5.41. The molecule has 0 bridgehead atoms. The fraction of sp³-hybridized carbons (Fsp3) is 0.419. The SMILES string of the molecule is CCCCc1cn(-c2c(C(C)(C)C)ccn2C(C)C)c(=O)n1CC1(c2cccc(-c3nn[nH]n3)c2)C=CNC=C1. The molecule has 5 rings (SSSR count). The summed E-state index contributed by atoms with van der Waals surface area (Å²) in [6, 6.07) is 10.5. The number of imidazole rings is 1. The number of rotatable bonds is 9. The highest BCUT2D eigenvalue weighted by Gasteiger charge is 2.32. The molecule has 0 aliphatic carbocycles. The van der Waals surface area contributed by atoms with E-state index in [1.54, 1.807) is 0 Å². The number of unbranched alkanes of at least 4 members (excludes halogenated alkanes) is 1. The Kier molecular flexibility index (Phi) is 7.40. The van der Waals surface area contributed by atoms with Crippen molar-refractivity contribution in [2.45, 2.75) is 84.2 Å². The van der Waals surface area contributed by atoms with E-state index in [0.717, 1.165) is 47.5 Å². The van der Waals surface area contributed by atoms with Crippen molar-refractivity contribution < 1.29 is 0 Å². The quantitative estimate of drug-likeness (QED) is 0.296. The van der Waals surface area contributed by atoms with Crippen LogP contribution >= 0.6 is 0 Å². The maximum Gasteiger partial charge on any atom is 0.334 e. The van der Waals surface area contributed by atoms with E-state index in [9.17, 15) is 4.79 Å². The molecule has 0 radical (unpaired) electrons. The summed E-state index contributed by atoms with van der Waals surface area (Å²) in [6.07, 6.45) is 15.2. The molecule has 2 N–H and O–H groups in total. The molecular weight excluding hydrogens is 500 g/mol. The first kappa shape index (κ1) is 27.4. The first-order chi connectivity index (χ1) is 19.1. The van der Waals surface area contributed by atoms with Crippen molar-refractivity contribution in [3.8, 4) is 17.2 Å². The zero-order chi connectivity index (χ0) is 28.5. The first-order valence-corrected chi connectivity index (χ1v) is 14.1. The minimum Gasteiger partial charge on any atom is -0.368 e. The second kappa shape index (κ2) is 10.8. The van der Waals surface area contributed by atoms with Crippen LogP contribution in [0.25, 0.3) is 17.2 Å². The second-order valence-corrected chi connectivity index (χ2v) is 12.0. The molecule has 0 fully saturated rings. The van der Waals surface area contributed by atoms with Gasteiger partial charge in [-0.05, 0) is 67.4 Å². The number of dihydropyridines is 1. The first-order valence-electron chi connectivity index (χ1n) is 14.1. The largest absolute Gasteiger partial charge is 0.368 e. The molecule has 9 nitrogen and oxygen atoms in total. The van der Waals surface area contributed by atoms with E-state index in [0.29, 0.717) is 12.4 Å². The van der Waals surface area contributed by atoms with Crippen molar-refractivity contribution in [2.24, 2.45) is 0 Å². The lowest BCUT2D eigenvalue weighted by Gasteiger charge is -2.31. The van der Waals surface area contributed by atoms with E-state index < -0.39 is 5.41 Å². The lowest BCUT2D eigenvalue weighted by Crippen LogP contribution is -2.36. The number of tetrazole rings is 1. The summed E-state index contributed by atoms with van der Waals surface area (Å²) in [5.41, 5.74) is 3.43. The number of allylic oxidation sites excluding steroid dienone is 2. The molecule has 40 heavy (non-hydrogen) atoms. The van der Waals surface area contributed by atoms with Gasteiger partial charge in [0.1, 0.15) is 5.82 Å². The summed E-state index contributed by atoms with van der Waals surface area (Å²) in [4.78, 5) is 14.4. The minimum absolute atomic E-state index is 0.0220. The normalized spacial score (nSPS) is 14.7. The Labute approximate surface area is 235 Å². The van der Waals surface area contributed by atoms with Crippen LogP contribution in [0.5, 0.6) is 0 Å². The van der Waals surface area contributed by atoms with Crippen LogP contribution < -0.4 is 11.0 Å². The van der Waals surface area contributed by atoms with Gasteiger partial charge in [-0.15, -0.1) is 10.2 Å². The molecule has 0 amide bonds. The van der Waals surface area contributed by atoms with E-state index in [4.69, 9.17) is 0 Å². The molecule has 9 heteroatoms. The third kappa shape index (κ3) is 5.08. The van der Waals surface area contributed by atoms with E-state index >= 15 is 0 Å². The summed E-state index contributed by atoms with van der Waals surface area (Å²) in [7, 11) is 0. The van der Waals surface area contributed by atoms with Gasteiger partial charge in [-0.3, -0.25) is 9.13 Å². The Bertz CT molecular complexity index is 1560. The zero-order valence-corrected chi connectivity index (χ0v) is 24.3. The monoisotopic (exact) mass is 540 g/mol. The van der Waals surface area contributed by atoms with Gasteiger partial charge in [-0.25, -0.2) is 4.79 Å². The van der Waals surface area contributed by atoms with Crippen molar-refractivity contribution in [1.82, 2.24) is 39.6 Å². The van der Waals surface area contributed by atoms with Crippen molar-refractivity contribution in [2.75, 3.05) is 0 Å². The minimum atomic E-state index is -0.547. The third-order valence-electron chi connectivity index (χ3n) is 7.71. The van der Waals surface area contributed by atoms with Gasteiger partial charge in [-0.2, -0.15) is 5.21 Å². The lowest BCUT2D eigenvalue weighted by molar-refractivity contribution is 0.493. The molecule has 1 aromatic carbocycles. The van der Waals surface area contributed by atoms with Crippen LogP contribution in [0.4, 0.5) is 0 Å². The third-order valence-corrected chi connectivity index (χ3v) is 7.71. The Morgan fingerprint density at radius 3 is 2.52 bits per heavy atom. The van der Waals surface area contributed by atoms with Crippen molar-refractivity contribution in [3.05, 3.63) is 94.6 Å². The van der Waals surface area contributed by atoms with Gasteiger partial charge in [-0.1, -0.05) is 64.5 Å². The van der Waals surface area contributed by atoms with E-state index in [-0.39, 0.29) is 17.1 Å². The Balaban J connectivity index is 1.67. The van der Waals surface area contributed by atoms with Gasteiger partial charge in [0.05, 0.1) is 5.41 Å². The standard InChI is InChI=1S/C31H40N8O/c1-7-8-12-25-20-38(28-26(30(4,5)6)13-18-37(28)22(2)3)29(40)39(25)21-31(14-16-32-17-15-31)24-11-9-10-23(19-24)27-33-35-36-34-27/h9-11,13-20,22,32H,7-8,12,21H2,1-6H3,(H,33,34,35,36). The second-order valence-electron chi connectivity index (χ2n) is 12.0. The highest BCUT2D eigenvalue weighted by Crippen LogP contribution is 2.35. The van der Waals surface area contributed by atoms with Crippen LogP contribution in [0.15, 0.2) is 72.1 Å². The maximum absolute atomic E-state index is 14.4. The van der Waals surface area contributed by atoms with Crippen LogP contribution in [-0.4, -0.2) is 34.3 Å². The molecule has 3 aromatic heterocycles. The number of hydrogen-bond donors (Lipinski definition) is 2. The van der Waals surface area contributed by atoms with E-state index in [1.165, 1.54) is 0 Å². The van der Waals surface area contributed by atoms with Gasteiger partial charge in [0.15, 0.2) is 0 Å². The Morgan fingerprint density at radius 2 is 1.88 bits per heavy atom. The van der Waals surface area contributed by atoms with Gasteiger partial charge >= 0.3 is 5.69 Å². The molecule has 4 aromatic rings. The highest BCUT2D eigenvalue weighted by molar-refractivity contribution is 5.57. The van der Waals surface area contributed by atoms with Crippen LogP contribution in [0.1, 0.15) is 77.2 Å². The number of aryl methyl sites for hydroxylation is 1. The Morgan fingerprint density at radius 1 is 1.10 bits per heavy atom. The molecule has 0 spiro atoms. The summed E-state index contributed by atoms with van der Waals surface area (Å²) in [5, 5.41) is 17.8. The number of benzene rings is 1. The lowest BCUT2D eigenvalue weighted by atomic mass is 9.78. The van der Waals surface area contributed by atoms with Crippen LogP contribution in [0, 0.1) is 0 Å². The fourth-order valence-electron chi connectivity index (χ4n) is 5.49. The molecule has 0 unspecified atom stereocenters. The maximum atomic E-state index is 14.4. The number of nitrogens with zero attached hydrogens (tertiary/aromatic N) is 6. The van der Waals surface area contributed by atoms with Crippen molar-refractivity contribution in [1.29, 1.82) is 0 Å². The zero-order valence-electron chi connectivity index (χ0n) is 24.3. The van der Waals surface area contributed by atoms with Gasteiger partial charge in [0.2, 0.25) is 5.82 Å². The summed E-state index contributed by atoms with van der Waals surface area (Å²) in [6.45, 7) is 13.6. The Hall–Kier alpha value is -4.14. The summed E-state index contributed by atoms with van der Waals surface area (Å²) >= 11 is 0. The fourth-order valence-corrected chi connectivity index (χ4v) is 5.49. The molecular formula is C31H40N8O. The number of nitrogens with one attached hydrogen (secondary N) is 2. The van der Waals surface area contributed by atoms with Crippen LogP contribution in [0.2, 0.25) is 0 Å². The molecule has 0 saturated heterocycles. The van der Waals surface area contributed by atoms with Crippen molar-refractivity contribution in [3.63, 3.8) is 0 Å². The number of hydrogen-bond acceptors (Lipinski definition) is 5. The average Bonchev–Trinajstić information content (AvgIpc) is 3.68. The molecule has 1 aliphatic rings. The molecule has 210 valence electrons. The number of aromatic nitrogens is 7. The predicted molar refractivity (Wildman–Crippen MR) is 158 cm³/mol. The summed E-state index contributed by atoms with van der Waals surface area (Å²) in [5.74, 6) is 1.49. The van der Waals surface area contributed by atoms with Gasteiger partial charge < -0.3 is 9.88 Å². The van der Waals surface area contributed by atoms with Gasteiger partial charge in [0, 0.05) is 41.8 Å². The topological polar surface area (TPSA) is 98.4 Å². The van der Waals surface area contributed by atoms with Crippen LogP contribution in [-0.2, 0) is 23.8 Å². The highest BCUT2D eigenvalue weighted by atomic mass is 16.1.